The Morgan fingerprint density at radius 3 is 2.40 bits per heavy atom. The largest absolute Gasteiger partial charge is 0.497 e. The van der Waals surface area contributed by atoms with Crippen molar-refractivity contribution in [3.8, 4) is 5.75 Å². The number of amides is 1. The zero-order valence-electron chi connectivity index (χ0n) is 20.5. The number of hydrogen-bond donors (Lipinski definition) is 0. The summed E-state index contributed by atoms with van der Waals surface area (Å²) in [6.45, 7) is 3.79. The summed E-state index contributed by atoms with van der Waals surface area (Å²) in [6.07, 6.45) is 7.87. The maximum Gasteiger partial charge on any atom is 0.227 e. The Kier molecular flexibility index (Phi) is 7.01. The lowest BCUT2D eigenvalue weighted by Crippen LogP contribution is -2.46. The van der Waals surface area contributed by atoms with E-state index in [9.17, 15) is 4.79 Å². The van der Waals surface area contributed by atoms with Crippen molar-refractivity contribution >= 4 is 17.7 Å². The Morgan fingerprint density at radius 1 is 0.971 bits per heavy atom. The van der Waals surface area contributed by atoms with E-state index in [1.165, 1.54) is 16.7 Å². The highest BCUT2D eigenvalue weighted by Gasteiger charge is 2.46. The minimum absolute atomic E-state index is 0.00588. The van der Waals surface area contributed by atoms with Gasteiger partial charge in [-0.3, -0.25) is 9.69 Å². The van der Waals surface area contributed by atoms with Crippen LogP contribution in [0.3, 0.4) is 0 Å². The van der Waals surface area contributed by atoms with E-state index in [4.69, 9.17) is 4.74 Å². The van der Waals surface area contributed by atoms with E-state index in [1.807, 2.05) is 35.2 Å². The van der Waals surface area contributed by atoms with Gasteiger partial charge in [-0.15, -0.1) is 0 Å². The number of piperidine rings is 1. The van der Waals surface area contributed by atoms with Crippen molar-refractivity contribution < 1.29 is 9.53 Å². The standard InChI is InChI=1S/C31H34N2O2/c1-35-27-15-16-29-28(23-27)31(24-33(29)30(34)17-14-26-11-6-3-7-12-26)18-21-32(22-19-31)20-8-13-25-9-4-2-5-10-25/h2-13,15-16,23H,14,17-22,24H2,1H3. The normalized spacial score (nSPS) is 17.1. The van der Waals surface area contributed by atoms with E-state index in [0.29, 0.717) is 6.42 Å². The number of carbonyl (C=O) groups is 1. The Balaban J connectivity index is 1.27. The third-order valence-corrected chi connectivity index (χ3v) is 7.58. The Labute approximate surface area is 208 Å². The summed E-state index contributed by atoms with van der Waals surface area (Å²) < 4.78 is 5.57. The fourth-order valence-electron chi connectivity index (χ4n) is 5.52. The molecule has 4 nitrogen and oxygen atoms in total. The molecule has 3 aromatic carbocycles. The highest BCUT2D eigenvalue weighted by molar-refractivity contribution is 5.96. The molecule has 4 heteroatoms. The molecule has 2 heterocycles. The fraction of sp³-hybridized carbons (Fsp3) is 0.323. The van der Waals surface area contributed by atoms with Gasteiger partial charge >= 0.3 is 0 Å². The summed E-state index contributed by atoms with van der Waals surface area (Å²) in [5.74, 6) is 1.08. The molecular formula is C31H34N2O2. The number of ether oxygens (including phenoxy) is 1. The lowest BCUT2D eigenvalue weighted by Gasteiger charge is -2.39. The van der Waals surface area contributed by atoms with Gasteiger partial charge < -0.3 is 9.64 Å². The van der Waals surface area contributed by atoms with Crippen LogP contribution in [-0.4, -0.2) is 44.1 Å². The van der Waals surface area contributed by atoms with E-state index in [2.05, 4.69) is 65.6 Å². The van der Waals surface area contributed by atoms with E-state index >= 15 is 0 Å². The Hall–Kier alpha value is -3.37. The first-order chi connectivity index (χ1) is 17.2. The van der Waals surface area contributed by atoms with Crippen molar-refractivity contribution in [1.29, 1.82) is 0 Å². The van der Waals surface area contributed by atoms with Crippen LogP contribution in [0.15, 0.2) is 84.9 Å². The van der Waals surface area contributed by atoms with Crippen LogP contribution < -0.4 is 9.64 Å². The molecule has 35 heavy (non-hydrogen) atoms. The average molecular weight is 467 g/mol. The molecule has 0 saturated carbocycles. The first kappa shape index (κ1) is 23.4. The number of rotatable bonds is 7. The minimum atomic E-state index is 0.00588. The van der Waals surface area contributed by atoms with Crippen molar-refractivity contribution in [2.45, 2.75) is 31.1 Å². The molecule has 5 rings (SSSR count). The second-order valence-electron chi connectivity index (χ2n) is 9.74. The molecule has 1 saturated heterocycles. The van der Waals surface area contributed by atoms with E-state index in [1.54, 1.807) is 7.11 Å². The first-order valence-corrected chi connectivity index (χ1v) is 12.6. The van der Waals surface area contributed by atoms with Crippen LogP contribution in [0.2, 0.25) is 0 Å². The van der Waals surface area contributed by atoms with Gasteiger partial charge in [-0.1, -0.05) is 72.8 Å². The van der Waals surface area contributed by atoms with Crippen LogP contribution in [0.5, 0.6) is 5.75 Å². The predicted molar refractivity (Wildman–Crippen MR) is 143 cm³/mol. The van der Waals surface area contributed by atoms with Gasteiger partial charge in [0.15, 0.2) is 0 Å². The topological polar surface area (TPSA) is 32.8 Å². The molecule has 2 aliphatic rings. The molecule has 1 amide bonds. The van der Waals surface area contributed by atoms with Gasteiger partial charge in [0, 0.05) is 30.6 Å². The maximum atomic E-state index is 13.4. The Bertz CT molecular complexity index is 1170. The molecule has 0 aromatic heterocycles. The van der Waals surface area contributed by atoms with Gasteiger partial charge in [-0.05, 0) is 67.2 Å². The third-order valence-electron chi connectivity index (χ3n) is 7.58. The summed E-state index contributed by atoms with van der Waals surface area (Å²) in [5, 5.41) is 0. The van der Waals surface area contributed by atoms with E-state index in [-0.39, 0.29) is 11.3 Å². The molecule has 0 N–H and O–H groups in total. The van der Waals surface area contributed by atoms with Crippen LogP contribution in [0.1, 0.15) is 36.0 Å². The highest BCUT2D eigenvalue weighted by Crippen LogP contribution is 2.48. The highest BCUT2D eigenvalue weighted by atomic mass is 16.5. The number of methoxy groups -OCH3 is 1. The number of hydrogen-bond acceptors (Lipinski definition) is 3. The van der Waals surface area contributed by atoms with E-state index < -0.39 is 0 Å². The molecule has 0 bridgehead atoms. The van der Waals surface area contributed by atoms with E-state index in [0.717, 1.165) is 56.9 Å². The van der Waals surface area contributed by atoms with Crippen LogP contribution in [-0.2, 0) is 16.6 Å². The third kappa shape index (κ3) is 5.18. The van der Waals surface area contributed by atoms with Crippen LogP contribution in [0, 0.1) is 0 Å². The second-order valence-corrected chi connectivity index (χ2v) is 9.74. The predicted octanol–water partition coefficient (Wildman–Crippen LogP) is 5.72. The number of fused-ring (bicyclic) bond motifs is 2. The zero-order valence-corrected chi connectivity index (χ0v) is 20.5. The van der Waals surface area contributed by atoms with Gasteiger partial charge in [-0.2, -0.15) is 0 Å². The van der Waals surface area contributed by atoms with Crippen molar-refractivity contribution in [2.24, 2.45) is 0 Å². The number of benzene rings is 3. The van der Waals surface area contributed by atoms with Crippen LogP contribution in [0.25, 0.3) is 6.08 Å². The zero-order chi connectivity index (χ0) is 24.1. The minimum Gasteiger partial charge on any atom is -0.497 e. The molecule has 0 atom stereocenters. The molecule has 1 fully saturated rings. The first-order valence-electron chi connectivity index (χ1n) is 12.6. The second kappa shape index (κ2) is 10.5. The van der Waals surface area contributed by atoms with Gasteiger partial charge in [0.25, 0.3) is 0 Å². The van der Waals surface area contributed by atoms with Crippen LogP contribution in [0.4, 0.5) is 5.69 Å². The number of nitrogens with zero attached hydrogens (tertiary/aromatic N) is 2. The summed E-state index contributed by atoms with van der Waals surface area (Å²) in [5.41, 5.74) is 4.81. The lowest BCUT2D eigenvalue weighted by molar-refractivity contribution is -0.118. The van der Waals surface area contributed by atoms with Gasteiger partial charge in [-0.25, -0.2) is 0 Å². The molecule has 3 aromatic rings. The number of likely N-dealkylation sites (tertiary alicyclic amines) is 1. The molecule has 0 unspecified atom stereocenters. The number of aryl methyl sites for hydroxylation is 1. The van der Waals surface area contributed by atoms with Gasteiger partial charge in [0.05, 0.1) is 7.11 Å². The van der Waals surface area contributed by atoms with Crippen molar-refractivity contribution in [2.75, 3.05) is 38.2 Å². The molecule has 0 radical (unpaired) electrons. The van der Waals surface area contributed by atoms with Gasteiger partial charge in [0.1, 0.15) is 5.75 Å². The maximum absolute atomic E-state index is 13.4. The van der Waals surface area contributed by atoms with Crippen molar-refractivity contribution in [1.82, 2.24) is 4.90 Å². The molecule has 2 aliphatic heterocycles. The molecule has 0 aliphatic carbocycles. The van der Waals surface area contributed by atoms with Crippen molar-refractivity contribution in [3.63, 3.8) is 0 Å². The number of carbonyl (C=O) groups excluding carboxylic acids is 1. The quantitative estimate of drug-likeness (QED) is 0.446. The SMILES string of the molecule is COc1ccc2c(c1)C1(CCN(CC=Cc3ccccc3)CC1)CN2C(=O)CCc1ccccc1. The summed E-state index contributed by atoms with van der Waals surface area (Å²) >= 11 is 0. The van der Waals surface area contributed by atoms with Crippen molar-refractivity contribution in [3.05, 3.63) is 102 Å². The molecule has 1 spiro atoms. The Morgan fingerprint density at radius 2 is 1.69 bits per heavy atom. The summed E-state index contributed by atoms with van der Waals surface area (Å²) in [7, 11) is 1.72. The summed E-state index contributed by atoms with van der Waals surface area (Å²) in [6, 6.07) is 27.0. The summed E-state index contributed by atoms with van der Waals surface area (Å²) in [4.78, 5) is 17.9. The average Bonchev–Trinajstić information content (AvgIpc) is 3.23. The monoisotopic (exact) mass is 466 g/mol. The fourth-order valence-corrected chi connectivity index (χ4v) is 5.52. The molecule has 180 valence electrons. The smallest absolute Gasteiger partial charge is 0.227 e. The molecular weight excluding hydrogens is 432 g/mol. The van der Waals surface area contributed by atoms with Crippen LogP contribution >= 0.6 is 0 Å². The van der Waals surface area contributed by atoms with Gasteiger partial charge in [0.2, 0.25) is 5.91 Å². The number of anilines is 1. The lowest BCUT2D eigenvalue weighted by atomic mass is 9.74.